The fourth-order valence-electron chi connectivity index (χ4n) is 1.92. The maximum atomic E-state index is 12.8. The van der Waals surface area contributed by atoms with Crippen LogP contribution in [-0.2, 0) is 11.0 Å². The zero-order valence-electron chi connectivity index (χ0n) is 11.1. The summed E-state index contributed by atoms with van der Waals surface area (Å²) in [5, 5.41) is 3.84. The number of alkyl halides is 3. The molecule has 0 aliphatic carbocycles. The standard InChI is InChI=1S/C13H10F3N3O2/c1-7(2)19-10-5-8(13(14,15)16)3-4-9(10)11(21)12(18-19)17-6-20/h3-5,7H,1-2H3. The molecule has 0 saturated carbocycles. The van der Waals surface area contributed by atoms with Gasteiger partial charge in [-0.1, -0.05) is 0 Å². The minimum Gasteiger partial charge on any atom is -0.285 e. The molecule has 1 aromatic heterocycles. The molecule has 8 heteroatoms. The van der Waals surface area contributed by atoms with Gasteiger partial charge in [-0.15, -0.1) is 10.1 Å². The van der Waals surface area contributed by atoms with Crippen molar-refractivity contribution in [2.45, 2.75) is 26.1 Å². The second-order valence-corrected chi connectivity index (χ2v) is 4.62. The molecule has 2 rings (SSSR count). The third-order valence-corrected chi connectivity index (χ3v) is 2.86. The van der Waals surface area contributed by atoms with E-state index in [1.165, 1.54) is 10.8 Å². The molecule has 21 heavy (non-hydrogen) atoms. The molecule has 2 aromatic rings. The van der Waals surface area contributed by atoms with E-state index in [4.69, 9.17) is 0 Å². The normalized spacial score (nSPS) is 11.7. The summed E-state index contributed by atoms with van der Waals surface area (Å²) in [6.07, 6.45) is -3.31. The molecule has 0 radical (unpaired) electrons. The van der Waals surface area contributed by atoms with Gasteiger partial charge in [0.25, 0.3) is 0 Å². The maximum Gasteiger partial charge on any atom is 0.416 e. The number of hydrogen-bond acceptors (Lipinski definition) is 4. The zero-order valence-corrected chi connectivity index (χ0v) is 11.1. The smallest absolute Gasteiger partial charge is 0.285 e. The highest BCUT2D eigenvalue weighted by atomic mass is 19.4. The van der Waals surface area contributed by atoms with Gasteiger partial charge in [0.05, 0.1) is 16.5 Å². The van der Waals surface area contributed by atoms with Crippen LogP contribution in [0.2, 0.25) is 0 Å². The molecule has 1 heterocycles. The number of rotatable bonds is 2. The summed E-state index contributed by atoms with van der Waals surface area (Å²) < 4.78 is 39.5. The van der Waals surface area contributed by atoms with Crippen LogP contribution >= 0.6 is 0 Å². The van der Waals surface area contributed by atoms with Crippen molar-refractivity contribution in [2.75, 3.05) is 0 Å². The first-order valence-corrected chi connectivity index (χ1v) is 5.97. The molecule has 0 saturated heterocycles. The van der Waals surface area contributed by atoms with Crippen molar-refractivity contribution in [1.82, 2.24) is 9.78 Å². The van der Waals surface area contributed by atoms with E-state index in [1.807, 2.05) is 0 Å². The highest BCUT2D eigenvalue weighted by Gasteiger charge is 2.31. The number of fused-ring (bicyclic) bond motifs is 1. The molecule has 110 valence electrons. The van der Waals surface area contributed by atoms with Crippen LogP contribution in [0.1, 0.15) is 25.5 Å². The Hall–Kier alpha value is -2.47. The van der Waals surface area contributed by atoms with E-state index in [1.54, 1.807) is 13.8 Å². The summed E-state index contributed by atoms with van der Waals surface area (Å²) in [7, 11) is 0. The van der Waals surface area contributed by atoms with E-state index < -0.39 is 23.0 Å². The van der Waals surface area contributed by atoms with Crippen LogP contribution < -0.4 is 5.43 Å². The third-order valence-electron chi connectivity index (χ3n) is 2.86. The van der Waals surface area contributed by atoms with Crippen LogP contribution in [-0.4, -0.2) is 15.9 Å². The van der Waals surface area contributed by atoms with Gasteiger partial charge in [-0.05, 0) is 32.0 Å². The first kappa shape index (κ1) is 14.9. The van der Waals surface area contributed by atoms with Gasteiger partial charge in [-0.25, -0.2) is 4.79 Å². The molecule has 0 amide bonds. The van der Waals surface area contributed by atoms with Crippen molar-refractivity contribution < 1.29 is 18.0 Å². The van der Waals surface area contributed by atoms with Crippen LogP contribution in [0.5, 0.6) is 0 Å². The van der Waals surface area contributed by atoms with E-state index in [-0.39, 0.29) is 16.9 Å². The minimum absolute atomic E-state index is 0.0145. The maximum absolute atomic E-state index is 12.8. The first-order chi connectivity index (χ1) is 9.75. The molecular formula is C13H10F3N3O2. The Bertz CT molecular complexity index is 803. The topological polar surface area (TPSA) is 64.3 Å². The second-order valence-electron chi connectivity index (χ2n) is 4.62. The van der Waals surface area contributed by atoms with Crippen LogP contribution in [0.15, 0.2) is 28.0 Å². The molecule has 1 aromatic carbocycles. The summed E-state index contributed by atoms with van der Waals surface area (Å²) in [6.45, 7) is 3.37. The van der Waals surface area contributed by atoms with Gasteiger partial charge in [-0.2, -0.15) is 13.2 Å². The first-order valence-electron chi connectivity index (χ1n) is 5.97. The monoisotopic (exact) mass is 297 g/mol. The summed E-state index contributed by atoms with van der Waals surface area (Å²) in [5.41, 5.74) is -1.55. The van der Waals surface area contributed by atoms with Crippen molar-refractivity contribution in [3.63, 3.8) is 0 Å². The Balaban J connectivity index is 2.91. The lowest BCUT2D eigenvalue weighted by Crippen LogP contribution is -2.16. The number of halogens is 3. The van der Waals surface area contributed by atoms with Crippen LogP contribution in [0.3, 0.4) is 0 Å². The molecule has 0 fully saturated rings. The van der Waals surface area contributed by atoms with Crippen molar-refractivity contribution >= 4 is 22.8 Å². The fourth-order valence-corrected chi connectivity index (χ4v) is 1.92. The number of aliphatic imine (C=N–C) groups is 1. The molecule has 0 spiro atoms. The Morgan fingerprint density at radius 2 is 2.00 bits per heavy atom. The molecule has 5 nitrogen and oxygen atoms in total. The van der Waals surface area contributed by atoms with Gasteiger partial charge < -0.3 is 0 Å². The van der Waals surface area contributed by atoms with Crippen molar-refractivity contribution in [2.24, 2.45) is 4.99 Å². The third kappa shape index (κ3) is 2.71. The average molecular weight is 297 g/mol. The van der Waals surface area contributed by atoms with Crippen molar-refractivity contribution in [1.29, 1.82) is 0 Å². The number of aromatic nitrogens is 2. The van der Waals surface area contributed by atoms with E-state index in [0.29, 0.717) is 0 Å². The Morgan fingerprint density at radius 3 is 2.52 bits per heavy atom. The fraction of sp³-hybridized carbons (Fsp3) is 0.308. The Kier molecular flexibility index (Phi) is 3.65. The van der Waals surface area contributed by atoms with Gasteiger partial charge in [0.15, 0.2) is 0 Å². The van der Waals surface area contributed by atoms with Gasteiger partial charge in [0.2, 0.25) is 17.3 Å². The van der Waals surface area contributed by atoms with E-state index in [2.05, 4.69) is 10.1 Å². The lowest BCUT2D eigenvalue weighted by Gasteiger charge is -2.15. The predicted octanol–water partition coefficient (Wildman–Crippen LogP) is 2.96. The van der Waals surface area contributed by atoms with Gasteiger partial charge in [-0.3, -0.25) is 9.48 Å². The summed E-state index contributed by atoms with van der Waals surface area (Å²) in [4.78, 5) is 25.5. The highest BCUT2D eigenvalue weighted by Crippen LogP contribution is 2.31. The number of nitrogens with zero attached hydrogens (tertiary/aromatic N) is 3. The van der Waals surface area contributed by atoms with Gasteiger partial charge in [0, 0.05) is 6.04 Å². The van der Waals surface area contributed by atoms with E-state index >= 15 is 0 Å². The average Bonchev–Trinajstić information content (AvgIpc) is 2.40. The zero-order chi connectivity index (χ0) is 15.8. The van der Waals surface area contributed by atoms with Crippen molar-refractivity contribution in [3.05, 3.63) is 34.0 Å². The summed E-state index contributed by atoms with van der Waals surface area (Å²) in [6, 6.07) is 2.41. The molecule has 0 N–H and O–H groups in total. The van der Waals surface area contributed by atoms with E-state index in [9.17, 15) is 22.8 Å². The number of carbonyl (C=O) groups excluding carboxylic acids is 1. The summed E-state index contributed by atoms with van der Waals surface area (Å²) >= 11 is 0. The van der Waals surface area contributed by atoms with E-state index in [0.717, 1.165) is 18.2 Å². The largest absolute Gasteiger partial charge is 0.416 e. The van der Waals surface area contributed by atoms with Gasteiger partial charge in [0.1, 0.15) is 0 Å². The molecular weight excluding hydrogens is 287 g/mol. The molecule has 0 unspecified atom stereocenters. The quantitative estimate of drug-likeness (QED) is 0.632. The van der Waals surface area contributed by atoms with Gasteiger partial charge >= 0.3 is 6.18 Å². The number of isocyanates is 1. The molecule has 0 aliphatic heterocycles. The van der Waals surface area contributed by atoms with Crippen LogP contribution in [0.25, 0.3) is 10.9 Å². The SMILES string of the molecule is CC(C)n1nc(N=C=O)c(=O)c2ccc(C(F)(F)F)cc21. The molecule has 0 atom stereocenters. The molecule has 0 aliphatic rings. The lowest BCUT2D eigenvalue weighted by molar-refractivity contribution is -0.137. The Morgan fingerprint density at radius 1 is 1.33 bits per heavy atom. The lowest BCUT2D eigenvalue weighted by atomic mass is 10.1. The van der Waals surface area contributed by atoms with Crippen molar-refractivity contribution in [3.8, 4) is 0 Å². The summed E-state index contributed by atoms with van der Waals surface area (Å²) in [5.74, 6) is -0.397. The molecule has 0 bridgehead atoms. The van der Waals surface area contributed by atoms with Crippen LogP contribution in [0.4, 0.5) is 19.0 Å². The minimum atomic E-state index is -4.52. The highest BCUT2D eigenvalue weighted by molar-refractivity contribution is 5.81. The number of benzene rings is 1. The number of hydrogen-bond donors (Lipinski definition) is 0. The predicted molar refractivity (Wildman–Crippen MR) is 69.2 cm³/mol. The Labute approximate surface area is 116 Å². The van der Waals surface area contributed by atoms with Crippen LogP contribution in [0, 0.1) is 0 Å². The second kappa shape index (κ2) is 5.14.